The first-order chi connectivity index (χ1) is 9.29. The van der Waals surface area contributed by atoms with Gasteiger partial charge in [-0.05, 0) is 38.3 Å². The summed E-state index contributed by atoms with van der Waals surface area (Å²) in [4.78, 5) is 10.6. The smallest absolute Gasteiger partial charge is 0.182 e. The Bertz CT molecular complexity index is 440. The van der Waals surface area contributed by atoms with E-state index in [4.69, 9.17) is 5.26 Å². The molecule has 0 bridgehead atoms. The number of likely N-dealkylation sites (tertiary alicyclic amines) is 1. The summed E-state index contributed by atoms with van der Waals surface area (Å²) in [6, 6.07) is 2.05. The highest BCUT2D eigenvalue weighted by Gasteiger charge is 2.15. The lowest BCUT2D eigenvalue weighted by molar-refractivity contribution is 0.183. The minimum atomic E-state index is 0.370. The molecule has 19 heavy (non-hydrogen) atoms. The molecule has 0 radical (unpaired) electrons. The van der Waals surface area contributed by atoms with E-state index in [1.165, 1.54) is 25.9 Å². The van der Waals surface area contributed by atoms with Gasteiger partial charge < -0.3 is 10.2 Å². The van der Waals surface area contributed by atoms with E-state index in [2.05, 4.69) is 27.1 Å². The maximum absolute atomic E-state index is 8.91. The summed E-state index contributed by atoms with van der Waals surface area (Å²) in [5, 5.41) is 12.1. The van der Waals surface area contributed by atoms with Gasteiger partial charge in [-0.2, -0.15) is 5.26 Å². The molecule has 1 aliphatic heterocycles. The molecule has 1 unspecified atom stereocenters. The number of nitrogens with zero attached hydrogens (tertiary/aromatic N) is 4. The number of hydrogen-bond donors (Lipinski definition) is 1. The third-order valence-electron chi connectivity index (χ3n) is 3.49. The van der Waals surface area contributed by atoms with Crippen molar-refractivity contribution in [2.45, 2.75) is 26.2 Å². The van der Waals surface area contributed by atoms with Crippen LogP contribution < -0.4 is 5.32 Å². The Hall–Kier alpha value is -1.67. The molecular weight excluding hydrogens is 238 g/mol. The summed E-state index contributed by atoms with van der Waals surface area (Å²) < 4.78 is 0. The predicted octanol–water partition coefficient (Wildman–Crippen LogP) is 1.88. The molecule has 1 aliphatic rings. The molecule has 0 saturated carbocycles. The van der Waals surface area contributed by atoms with Gasteiger partial charge in [0.2, 0.25) is 0 Å². The fourth-order valence-electron chi connectivity index (χ4n) is 2.55. The van der Waals surface area contributed by atoms with Gasteiger partial charge >= 0.3 is 0 Å². The SMILES string of the molecule is CC1CCCN(CCCNc2nccnc2C#N)C1. The van der Waals surface area contributed by atoms with Crippen LogP contribution in [0.3, 0.4) is 0 Å². The maximum Gasteiger partial charge on any atom is 0.182 e. The van der Waals surface area contributed by atoms with Crippen LogP contribution in [0.1, 0.15) is 31.9 Å². The van der Waals surface area contributed by atoms with Crippen LogP contribution in [0.15, 0.2) is 12.4 Å². The highest BCUT2D eigenvalue weighted by atomic mass is 15.1. The molecule has 1 N–H and O–H groups in total. The Morgan fingerprint density at radius 3 is 3.11 bits per heavy atom. The van der Waals surface area contributed by atoms with Gasteiger partial charge in [-0.1, -0.05) is 6.92 Å². The largest absolute Gasteiger partial charge is 0.368 e. The van der Waals surface area contributed by atoms with Crippen molar-refractivity contribution in [1.29, 1.82) is 5.26 Å². The molecule has 1 fully saturated rings. The minimum absolute atomic E-state index is 0.370. The highest BCUT2D eigenvalue weighted by Crippen LogP contribution is 2.15. The maximum atomic E-state index is 8.91. The number of nitrogens with one attached hydrogen (secondary N) is 1. The summed E-state index contributed by atoms with van der Waals surface area (Å²) >= 11 is 0. The van der Waals surface area contributed by atoms with Crippen molar-refractivity contribution in [3.05, 3.63) is 18.1 Å². The van der Waals surface area contributed by atoms with Crippen LogP contribution in [0.2, 0.25) is 0 Å². The van der Waals surface area contributed by atoms with Crippen molar-refractivity contribution in [3.63, 3.8) is 0 Å². The fourth-order valence-corrected chi connectivity index (χ4v) is 2.55. The number of nitriles is 1. The molecule has 0 aromatic carbocycles. The van der Waals surface area contributed by atoms with Crippen molar-refractivity contribution >= 4 is 5.82 Å². The van der Waals surface area contributed by atoms with Crippen LogP contribution in [0.25, 0.3) is 0 Å². The second-order valence-corrected chi connectivity index (χ2v) is 5.19. The van der Waals surface area contributed by atoms with E-state index in [0.717, 1.165) is 25.4 Å². The van der Waals surface area contributed by atoms with E-state index in [9.17, 15) is 0 Å². The number of aromatic nitrogens is 2. The van der Waals surface area contributed by atoms with Gasteiger partial charge in [0.05, 0.1) is 0 Å². The molecule has 1 aromatic rings. The van der Waals surface area contributed by atoms with Gasteiger partial charge in [0, 0.05) is 25.5 Å². The first kappa shape index (κ1) is 13.8. The van der Waals surface area contributed by atoms with Gasteiger partial charge in [0.15, 0.2) is 11.5 Å². The van der Waals surface area contributed by atoms with Gasteiger partial charge in [0.25, 0.3) is 0 Å². The lowest BCUT2D eigenvalue weighted by Gasteiger charge is -2.30. The van der Waals surface area contributed by atoms with Crippen LogP contribution in [-0.2, 0) is 0 Å². The van der Waals surface area contributed by atoms with Crippen LogP contribution in [0, 0.1) is 17.2 Å². The second kappa shape index (κ2) is 7.05. The Balaban J connectivity index is 1.70. The normalized spacial score (nSPS) is 19.9. The fraction of sp³-hybridized carbons (Fsp3) is 0.643. The Labute approximate surface area is 114 Å². The zero-order chi connectivity index (χ0) is 13.5. The highest BCUT2D eigenvalue weighted by molar-refractivity contribution is 5.46. The van der Waals surface area contributed by atoms with Crippen molar-refractivity contribution in [3.8, 4) is 6.07 Å². The van der Waals surface area contributed by atoms with Crippen LogP contribution in [0.4, 0.5) is 5.82 Å². The average Bonchev–Trinajstić information content (AvgIpc) is 2.44. The Kier molecular flexibility index (Phi) is 5.10. The molecule has 102 valence electrons. The molecule has 1 saturated heterocycles. The van der Waals surface area contributed by atoms with Gasteiger partial charge in [0.1, 0.15) is 6.07 Å². The van der Waals surface area contributed by atoms with Crippen molar-refractivity contribution in [1.82, 2.24) is 14.9 Å². The molecule has 0 spiro atoms. The van der Waals surface area contributed by atoms with Crippen molar-refractivity contribution in [2.24, 2.45) is 5.92 Å². The van der Waals surface area contributed by atoms with Gasteiger partial charge in [-0.3, -0.25) is 0 Å². The lowest BCUT2D eigenvalue weighted by atomic mass is 10.0. The van der Waals surface area contributed by atoms with E-state index < -0.39 is 0 Å². The molecule has 5 heteroatoms. The first-order valence-electron chi connectivity index (χ1n) is 6.97. The number of anilines is 1. The molecule has 2 heterocycles. The van der Waals surface area contributed by atoms with Gasteiger partial charge in [-0.25, -0.2) is 9.97 Å². The van der Waals surface area contributed by atoms with E-state index in [-0.39, 0.29) is 0 Å². The van der Waals surface area contributed by atoms with Crippen molar-refractivity contribution < 1.29 is 0 Å². The summed E-state index contributed by atoms with van der Waals surface area (Å²) in [5.41, 5.74) is 0.370. The van der Waals surface area contributed by atoms with E-state index in [0.29, 0.717) is 11.5 Å². The minimum Gasteiger partial charge on any atom is -0.368 e. The third kappa shape index (κ3) is 4.18. The molecule has 0 aliphatic carbocycles. The predicted molar refractivity (Wildman–Crippen MR) is 74.7 cm³/mol. The Morgan fingerprint density at radius 2 is 2.32 bits per heavy atom. The van der Waals surface area contributed by atoms with E-state index in [1.54, 1.807) is 12.4 Å². The molecule has 1 aromatic heterocycles. The Morgan fingerprint density at radius 1 is 1.47 bits per heavy atom. The second-order valence-electron chi connectivity index (χ2n) is 5.19. The number of hydrogen-bond acceptors (Lipinski definition) is 5. The monoisotopic (exact) mass is 259 g/mol. The van der Waals surface area contributed by atoms with Crippen molar-refractivity contribution in [2.75, 3.05) is 31.5 Å². The topological polar surface area (TPSA) is 64.8 Å². The summed E-state index contributed by atoms with van der Waals surface area (Å²) in [6.07, 6.45) is 6.89. The molecule has 2 rings (SSSR count). The van der Waals surface area contributed by atoms with E-state index in [1.807, 2.05) is 6.07 Å². The van der Waals surface area contributed by atoms with Crippen LogP contribution in [-0.4, -0.2) is 41.0 Å². The standard InChI is InChI=1S/C14H21N5/c1-12-4-2-8-19(11-12)9-3-5-17-14-13(10-15)16-6-7-18-14/h6-7,12H,2-5,8-9,11H2,1H3,(H,17,18). The average molecular weight is 259 g/mol. The summed E-state index contributed by atoms with van der Waals surface area (Å²) in [5.74, 6) is 1.42. The number of rotatable bonds is 5. The summed E-state index contributed by atoms with van der Waals surface area (Å²) in [7, 11) is 0. The molecule has 0 amide bonds. The lowest BCUT2D eigenvalue weighted by Crippen LogP contribution is -2.35. The number of piperidine rings is 1. The van der Waals surface area contributed by atoms with Gasteiger partial charge in [-0.15, -0.1) is 0 Å². The molecule has 1 atom stereocenters. The molecule has 5 nitrogen and oxygen atoms in total. The van der Waals surface area contributed by atoms with E-state index >= 15 is 0 Å². The van der Waals surface area contributed by atoms with Crippen LogP contribution in [0.5, 0.6) is 0 Å². The quantitative estimate of drug-likeness (QED) is 0.818. The summed E-state index contributed by atoms with van der Waals surface area (Å²) in [6.45, 7) is 6.70. The zero-order valence-electron chi connectivity index (χ0n) is 11.5. The third-order valence-corrected chi connectivity index (χ3v) is 3.49. The molecular formula is C14H21N5. The zero-order valence-corrected chi connectivity index (χ0v) is 11.5. The first-order valence-corrected chi connectivity index (χ1v) is 6.97. The van der Waals surface area contributed by atoms with Crippen LogP contribution >= 0.6 is 0 Å².